The number of nitrogens with zero attached hydrogens (tertiary/aromatic N) is 2. The molecule has 1 amide bonds. The predicted molar refractivity (Wildman–Crippen MR) is 105 cm³/mol. The monoisotopic (exact) mass is 375 g/mol. The summed E-state index contributed by atoms with van der Waals surface area (Å²) in [5.74, 6) is 1.73. The van der Waals surface area contributed by atoms with Crippen molar-refractivity contribution in [2.24, 2.45) is 5.92 Å². The first kappa shape index (κ1) is 18.4. The second-order valence-corrected chi connectivity index (χ2v) is 8.58. The zero-order valence-electron chi connectivity index (χ0n) is 14.8. The van der Waals surface area contributed by atoms with E-state index in [9.17, 15) is 4.79 Å². The highest BCUT2D eigenvalue weighted by atomic mass is 32.2. The maximum Gasteiger partial charge on any atom is 0.253 e. The van der Waals surface area contributed by atoms with E-state index >= 15 is 0 Å². The Bertz CT molecular complexity index is 691. The van der Waals surface area contributed by atoms with E-state index in [-0.39, 0.29) is 5.91 Å². The van der Waals surface area contributed by atoms with Crippen LogP contribution in [0.3, 0.4) is 0 Å². The third-order valence-electron chi connectivity index (χ3n) is 4.55. The first-order valence-corrected chi connectivity index (χ1v) is 10.6. The molecule has 25 heavy (non-hydrogen) atoms. The molecular weight excluding hydrogens is 350 g/mol. The van der Waals surface area contributed by atoms with E-state index in [0.717, 1.165) is 54.5 Å². The summed E-state index contributed by atoms with van der Waals surface area (Å²) < 4.78 is 0. The quantitative estimate of drug-likeness (QED) is 0.780. The lowest BCUT2D eigenvalue weighted by Crippen LogP contribution is -2.40. The van der Waals surface area contributed by atoms with E-state index in [1.54, 1.807) is 23.1 Å². The smallest absolute Gasteiger partial charge is 0.253 e. The van der Waals surface area contributed by atoms with Crippen LogP contribution in [0.5, 0.6) is 0 Å². The SMILES string of the molecule is CNCC1CCN(C(=O)c2ccc(SCc3csc(C)n3)cc2)CC1. The number of nitrogens with one attached hydrogen (secondary N) is 1. The fourth-order valence-corrected chi connectivity index (χ4v) is 4.65. The van der Waals surface area contributed by atoms with Gasteiger partial charge in [0.1, 0.15) is 0 Å². The molecule has 1 aliphatic rings. The molecule has 4 nitrogen and oxygen atoms in total. The summed E-state index contributed by atoms with van der Waals surface area (Å²) >= 11 is 3.45. The van der Waals surface area contributed by atoms with E-state index in [0.29, 0.717) is 5.92 Å². The van der Waals surface area contributed by atoms with E-state index in [2.05, 4.69) is 15.7 Å². The molecule has 6 heteroatoms. The first-order valence-electron chi connectivity index (χ1n) is 8.73. The zero-order chi connectivity index (χ0) is 17.6. The Morgan fingerprint density at radius 1 is 1.32 bits per heavy atom. The van der Waals surface area contributed by atoms with E-state index in [1.807, 2.05) is 43.1 Å². The molecule has 0 bridgehead atoms. The molecule has 0 radical (unpaired) electrons. The summed E-state index contributed by atoms with van der Waals surface area (Å²) in [5, 5.41) is 6.45. The molecule has 0 atom stereocenters. The summed E-state index contributed by atoms with van der Waals surface area (Å²) in [7, 11) is 1.99. The van der Waals surface area contributed by atoms with Crippen LogP contribution in [0.4, 0.5) is 0 Å². The van der Waals surface area contributed by atoms with E-state index in [1.165, 1.54) is 4.90 Å². The van der Waals surface area contributed by atoms with Crippen LogP contribution in [0.2, 0.25) is 0 Å². The highest BCUT2D eigenvalue weighted by Gasteiger charge is 2.23. The Morgan fingerprint density at radius 2 is 2.04 bits per heavy atom. The lowest BCUT2D eigenvalue weighted by atomic mass is 9.96. The zero-order valence-corrected chi connectivity index (χ0v) is 16.5. The third kappa shape index (κ3) is 5.06. The van der Waals surface area contributed by atoms with Gasteiger partial charge in [0.2, 0.25) is 0 Å². The van der Waals surface area contributed by atoms with Crippen LogP contribution in [0.1, 0.15) is 33.9 Å². The fraction of sp³-hybridized carbons (Fsp3) is 0.474. The topological polar surface area (TPSA) is 45.2 Å². The van der Waals surface area contributed by atoms with Crippen molar-refractivity contribution >= 4 is 29.0 Å². The molecule has 0 unspecified atom stereocenters. The number of aryl methyl sites for hydroxylation is 1. The number of carbonyl (C=O) groups is 1. The number of hydrogen-bond acceptors (Lipinski definition) is 5. The minimum atomic E-state index is 0.162. The van der Waals surface area contributed by atoms with Gasteiger partial charge >= 0.3 is 0 Å². The number of amides is 1. The Balaban J connectivity index is 1.52. The number of likely N-dealkylation sites (tertiary alicyclic amines) is 1. The lowest BCUT2D eigenvalue weighted by Gasteiger charge is -2.32. The third-order valence-corrected chi connectivity index (χ3v) is 6.42. The Morgan fingerprint density at radius 3 is 2.64 bits per heavy atom. The first-order chi connectivity index (χ1) is 12.2. The summed E-state index contributed by atoms with van der Waals surface area (Å²) in [6.07, 6.45) is 2.18. The van der Waals surface area contributed by atoms with Crippen LogP contribution >= 0.6 is 23.1 Å². The van der Waals surface area contributed by atoms with Gasteiger partial charge in [-0.3, -0.25) is 4.79 Å². The molecule has 134 valence electrons. The molecule has 2 heterocycles. The van der Waals surface area contributed by atoms with Gasteiger partial charge in [0.05, 0.1) is 10.7 Å². The maximum atomic E-state index is 12.7. The van der Waals surface area contributed by atoms with Gasteiger partial charge < -0.3 is 10.2 Å². The van der Waals surface area contributed by atoms with Gasteiger partial charge in [0.25, 0.3) is 5.91 Å². The predicted octanol–water partition coefficient (Wildman–Crippen LogP) is 3.82. The Kier molecular flexibility index (Phi) is 6.51. The number of thiazole rings is 1. The van der Waals surface area contributed by atoms with Gasteiger partial charge in [-0.2, -0.15) is 0 Å². The molecular formula is C19H25N3OS2. The molecule has 1 saturated heterocycles. The second kappa shape index (κ2) is 8.83. The molecule has 1 N–H and O–H groups in total. The molecule has 1 aliphatic heterocycles. The summed E-state index contributed by atoms with van der Waals surface area (Å²) in [6, 6.07) is 8.00. The number of thioether (sulfide) groups is 1. The number of carbonyl (C=O) groups excluding carboxylic acids is 1. The average Bonchev–Trinajstić information content (AvgIpc) is 3.06. The standard InChI is InChI=1S/C19H25N3OS2/c1-14-21-17(12-24-14)13-25-18-5-3-16(4-6-18)19(23)22-9-7-15(8-10-22)11-20-2/h3-6,12,15,20H,7-11,13H2,1-2H3. The van der Waals surface area contributed by atoms with Gasteiger partial charge in [-0.1, -0.05) is 0 Å². The number of benzene rings is 1. The largest absolute Gasteiger partial charge is 0.339 e. The summed E-state index contributed by atoms with van der Waals surface area (Å²) in [5.41, 5.74) is 1.91. The number of rotatable bonds is 6. The van der Waals surface area contributed by atoms with Crippen molar-refractivity contribution < 1.29 is 4.79 Å². The van der Waals surface area contributed by atoms with Crippen LogP contribution in [-0.2, 0) is 5.75 Å². The van der Waals surface area contributed by atoms with Crippen molar-refractivity contribution in [3.05, 3.63) is 45.9 Å². The number of hydrogen-bond donors (Lipinski definition) is 1. The molecule has 3 rings (SSSR count). The molecule has 1 fully saturated rings. The van der Waals surface area contributed by atoms with Gasteiger partial charge in [-0.05, 0) is 63.5 Å². The fourth-order valence-electron chi connectivity index (χ4n) is 3.14. The van der Waals surface area contributed by atoms with Gasteiger partial charge in [0.15, 0.2) is 0 Å². The van der Waals surface area contributed by atoms with E-state index < -0.39 is 0 Å². The molecule has 0 saturated carbocycles. The van der Waals surface area contributed by atoms with Crippen molar-refractivity contribution in [3.8, 4) is 0 Å². The molecule has 1 aromatic heterocycles. The molecule has 2 aromatic rings. The molecule has 0 aliphatic carbocycles. The van der Waals surface area contributed by atoms with Crippen LogP contribution < -0.4 is 5.32 Å². The van der Waals surface area contributed by atoms with Crippen LogP contribution in [0.25, 0.3) is 0 Å². The van der Waals surface area contributed by atoms with Gasteiger partial charge in [-0.15, -0.1) is 23.1 Å². The minimum Gasteiger partial charge on any atom is -0.339 e. The van der Waals surface area contributed by atoms with Crippen LogP contribution in [0, 0.1) is 12.8 Å². The molecule has 1 aromatic carbocycles. The summed E-state index contributed by atoms with van der Waals surface area (Å²) in [4.78, 5) is 20.3. The van der Waals surface area contributed by atoms with Crippen molar-refractivity contribution in [2.45, 2.75) is 30.4 Å². The average molecular weight is 376 g/mol. The van der Waals surface area contributed by atoms with Gasteiger partial charge in [-0.25, -0.2) is 4.98 Å². The van der Waals surface area contributed by atoms with Crippen molar-refractivity contribution in [3.63, 3.8) is 0 Å². The second-order valence-electron chi connectivity index (χ2n) is 6.46. The highest BCUT2D eigenvalue weighted by molar-refractivity contribution is 7.98. The number of piperidine rings is 1. The normalized spacial score (nSPS) is 15.5. The van der Waals surface area contributed by atoms with Crippen molar-refractivity contribution in [1.29, 1.82) is 0 Å². The van der Waals surface area contributed by atoms with Crippen molar-refractivity contribution in [2.75, 3.05) is 26.7 Å². The van der Waals surface area contributed by atoms with E-state index in [4.69, 9.17) is 0 Å². The van der Waals surface area contributed by atoms with Crippen LogP contribution in [-0.4, -0.2) is 42.5 Å². The lowest BCUT2D eigenvalue weighted by molar-refractivity contribution is 0.0691. The van der Waals surface area contributed by atoms with Gasteiger partial charge in [0, 0.05) is 34.7 Å². The van der Waals surface area contributed by atoms with Crippen molar-refractivity contribution in [1.82, 2.24) is 15.2 Å². The Labute approximate surface area is 158 Å². The number of aromatic nitrogens is 1. The maximum absolute atomic E-state index is 12.7. The molecule has 0 spiro atoms. The van der Waals surface area contributed by atoms with Crippen LogP contribution in [0.15, 0.2) is 34.5 Å². The highest BCUT2D eigenvalue weighted by Crippen LogP contribution is 2.25. The minimum absolute atomic E-state index is 0.162. The summed E-state index contributed by atoms with van der Waals surface area (Å²) in [6.45, 7) is 4.81. The Hall–Kier alpha value is -1.37.